The maximum absolute atomic E-state index is 12.2. The number of rotatable bonds is 6. The molecule has 0 atom stereocenters. The molecule has 3 rings (SSSR count). The van der Waals surface area contributed by atoms with E-state index in [2.05, 4.69) is 33.3 Å². The minimum Gasteiger partial charge on any atom is -0.336 e. The number of aromatic nitrogens is 4. The van der Waals surface area contributed by atoms with Gasteiger partial charge in [-0.2, -0.15) is 0 Å². The summed E-state index contributed by atoms with van der Waals surface area (Å²) in [4.78, 5) is 23.2. The van der Waals surface area contributed by atoms with Crippen molar-refractivity contribution in [1.29, 1.82) is 0 Å². The first-order valence-electron chi connectivity index (χ1n) is 8.86. The molecule has 0 radical (unpaired) electrons. The Balaban J connectivity index is 1.47. The lowest BCUT2D eigenvalue weighted by Gasteiger charge is -2.32. The number of hydrogen-bond acceptors (Lipinski definition) is 4. The van der Waals surface area contributed by atoms with Gasteiger partial charge in [0.05, 0.1) is 18.3 Å². The van der Waals surface area contributed by atoms with E-state index in [0.717, 1.165) is 51.3 Å². The maximum Gasteiger partial charge on any atom is 0.253 e. The fourth-order valence-electron chi connectivity index (χ4n) is 3.24. The van der Waals surface area contributed by atoms with E-state index in [9.17, 15) is 4.79 Å². The van der Waals surface area contributed by atoms with Crippen molar-refractivity contribution < 1.29 is 0 Å². The Labute approximate surface area is 143 Å². The van der Waals surface area contributed by atoms with Crippen LogP contribution in [0.5, 0.6) is 0 Å². The summed E-state index contributed by atoms with van der Waals surface area (Å²) in [5, 5.41) is 0. The highest BCUT2D eigenvalue weighted by Crippen LogP contribution is 2.18. The molecule has 2 aromatic rings. The van der Waals surface area contributed by atoms with Crippen molar-refractivity contribution in [3.63, 3.8) is 0 Å². The van der Waals surface area contributed by atoms with Crippen LogP contribution in [0.25, 0.3) is 0 Å². The van der Waals surface area contributed by atoms with Crippen LogP contribution in [0, 0.1) is 5.92 Å². The lowest BCUT2D eigenvalue weighted by Crippen LogP contribution is -2.37. The molecule has 0 bridgehead atoms. The predicted molar refractivity (Wildman–Crippen MR) is 94.0 cm³/mol. The van der Waals surface area contributed by atoms with Crippen molar-refractivity contribution in [2.45, 2.75) is 45.7 Å². The molecule has 0 aliphatic carbocycles. The van der Waals surface area contributed by atoms with Gasteiger partial charge in [0.2, 0.25) is 0 Å². The molecule has 1 aliphatic heterocycles. The molecule has 24 heavy (non-hydrogen) atoms. The van der Waals surface area contributed by atoms with Gasteiger partial charge in [-0.3, -0.25) is 9.36 Å². The molecule has 3 heterocycles. The highest BCUT2D eigenvalue weighted by molar-refractivity contribution is 5.04. The second-order valence-corrected chi connectivity index (χ2v) is 7.04. The van der Waals surface area contributed by atoms with Crippen LogP contribution in [0.4, 0.5) is 0 Å². The van der Waals surface area contributed by atoms with Crippen molar-refractivity contribution in [2.24, 2.45) is 5.92 Å². The quantitative estimate of drug-likeness (QED) is 0.813. The first kappa shape index (κ1) is 16.9. The van der Waals surface area contributed by atoms with Crippen LogP contribution in [0.3, 0.4) is 0 Å². The van der Waals surface area contributed by atoms with Gasteiger partial charge in [-0.1, -0.05) is 13.8 Å². The standard InChI is InChI=1S/C18H27N5O/c1-15(2)17-11-18(24)23(14-20-17)12-16-3-6-21(7-4-16)9-10-22-8-5-19-13-22/h5,8,11,13-16H,3-4,6-7,9-10,12H2,1-2H3. The molecule has 0 amide bonds. The van der Waals surface area contributed by atoms with E-state index >= 15 is 0 Å². The van der Waals surface area contributed by atoms with Crippen LogP contribution in [0.15, 0.2) is 35.9 Å². The number of likely N-dealkylation sites (tertiary alicyclic amines) is 1. The monoisotopic (exact) mass is 329 g/mol. The van der Waals surface area contributed by atoms with Gasteiger partial charge in [-0.15, -0.1) is 0 Å². The summed E-state index contributed by atoms with van der Waals surface area (Å²) in [6, 6.07) is 1.69. The highest BCUT2D eigenvalue weighted by atomic mass is 16.1. The summed E-state index contributed by atoms with van der Waals surface area (Å²) in [6.07, 6.45) is 9.70. The number of nitrogens with zero attached hydrogens (tertiary/aromatic N) is 5. The summed E-state index contributed by atoms with van der Waals surface area (Å²) in [5.74, 6) is 0.866. The fourth-order valence-corrected chi connectivity index (χ4v) is 3.24. The lowest BCUT2D eigenvalue weighted by atomic mass is 9.96. The van der Waals surface area contributed by atoms with Crippen LogP contribution < -0.4 is 5.56 Å². The Hall–Kier alpha value is -1.95. The Morgan fingerprint density at radius 2 is 2.00 bits per heavy atom. The van der Waals surface area contributed by atoms with Gasteiger partial charge in [-0.05, 0) is 37.8 Å². The SMILES string of the molecule is CC(C)c1cc(=O)n(CC2CCN(CCn3ccnc3)CC2)cn1. The second-order valence-electron chi connectivity index (χ2n) is 7.04. The molecule has 0 saturated carbocycles. The zero-order chi connectivity index (χ0) is 16.9. The number of piperidine rings is 1. The van der Waals surface area contributed by atoms with Crippen LogP contribution in [0.1, 0.15) is 38.3 Å². The van der Waals surface area contributed by atoms with Crippen molar-refractivity contribution in [1.82, 2.24) is 24.0 Å². The van der Waals surface area contributed by atoms with Crippen LogP contribution in [0.2, 0.25) is 0 Å². The summed E-state index contributed by atoms with van der Waals surface area (Å²) >= 11 is 0. The van der Waals surface area contributed by atoms with Gasteiger partial charge in [-0.25, -0.2) is 9.97 Å². The Kier molecular flexibility index (Phi) is 5.45. The van der Waals surface area contributed by atoms with Crippen LogP contribution in [-0.2, 0) is 13.1 Å². The van der Waals surface area contributed by atoms with Crippen molar-refractivity contribution in [3.8, 4) is 0 Å². The molecule has 6 nitrogen and oxygen atoms in total. The Morgan fingerprint density at radius 3 is 2.62 bits per heavy atom. The summed E-state index contributed by atoms with van der Waals surface area (Å²) in [5.41, 5.74) is 0.960. The van der Waals surface area contributed by atoms with E-state index in [-0.39, 0.29) is 5.56 Å². The van der Waals surface area contributed by atoms with Crippen molar-refractivity contribution in [3.05, 3.63) is 47.2 Å². The molecule has 6 heteroatoms. The van der Waals surface area contributed by atoms with Gasteiger partial charge in [0.15, 0.2) is 0 Å². The van der Waals surface area contributed by atoms with Crippen molar-refractivity contribution >= 4 is 0 Å². The van der Waals surface area contributed by atoms with Crippen LogP contribution >= 0.6 is 0 Å². The number of hydrogen-bond donors (Lipinski definition) is 0. The minimum absolute atomic E-state index is 0.0798. The molecule has 0 aromatic carbocycles. The summed E-state index contributed by atoms with van der Waals surface area (Å²) < 4.78 is 3.89. The van der Waals surface area contributed by atoms with Gasteiger partial charge < -0.3 is 9.47 Å². The summed E-state index contributed by atoms with van der Waals surface area (Å²) in [6.45, 7) is 9.17. The van der Waals surface area contributed by atoms with Gasteiger partial charge >= 0.3 is 0 Å². The zero-order valence-corrected chi connectivity index (χ0v) is 14.6. The van der Waals surface area contributed by atoms with Gasteiger partial charge in [0, 0.05) is 38.1 Å². The average molecular weight is 329 g/mol. The first-order chi connectivity index (χ1) is 11.6. The molecule has 0 unspecified atom stereocenters. The smallest absolute Gasteiger partial charge is 0.253 e. The van der Waals surface area contributed by atoms with E-state index in [4.69, 9.17) is 0 Å². The zero-order valence-electron chi connectivity index (χ0n) is 14.6. The van der Waals surface area contributed by atoms with E-state index in [1.54, 1.807) is 17.0 Å². The Bertz CT molecular complexity index is 684. The lowest BCUT2D eigenvalue weighted by molar-refractivity contribution is 0.168. The average Bonchev–Trinajstić information content (AvgIpc) is 3.09. The molecule has 1 saturated heterocycles. The fraction of sp³-hybridized carbons (Fsp3) is 0.611. The largest absolute Gasteiger partial charge is 0.336 e. The minimum atomic E-state index is 0.0798. The molecule has 0 spiro atoms. The van der Waals surface area contributed by atoms with E-state index in [0.29, 0.717) is 11.8 Å². The molecule has 0 N–H and O–H groups in total. The molecule has 1 aliphatic rings. The van der Waals surface area contributed by atoms with E-state index in [1.807, 2.05) is 18.7 Å². The molecular formula is C18H27N5O. The predicted octanol–water partition coefficient (Wildman–Crippen LogP) is 1.98. The molecule has 1 fully saturated rings. The molecule has 2 aromatic heterocycles. The maximum atomic E-state index is 12.2. The Morgan fingerprint density at radius 1 is 1.21 bits per heavy atom. The topological polar surface area (TPSA) is 56.0 Å². The third kappa shape index (κ3) is 4.32. The van der Waals surface area contributed by atoms with Gasteiger partial charge in [0.25, 0.3) is 5.56 Å². The normalized spacial score (nSPS) is 16.8. The van der Waals surface area contributed by atoms with Gasteiger partial charge in [0.1, 0.15) is 0 Å². The van der Waals surface area contributed by atoms with E-state index < -0.39 is 0 Å². The van der Waals surface area contributed by atoms with Crippen LogP contribution in [-0.4, -0.2) is 43.6 Å². The molecular weight excluding hydrogens is 302 g/mol. The molecule has 130 valence electrons. The first-order valence-corrected chi connectivity index (χ1v) is 8.86. The van der Waals surface area contributed by atoms with E-state index in [1.165, 1.54) is 0 Å². The highest BCUT2D eigenvalue weighted by Gasteiger charge is 2.20. The van der Waals surface area contributed by atoms with Crippen molar-refractivity contribution in [2.75, 3.05) is 19.6 Å². The third-order valence-electron chi connectivity index (χ3n) is 4.89. The third-order valence-corrected chi connectivity index (χ3v) is 4.89. The summed E-state index contributed by atoms with van der Waals surface area (Å²) in [7, 11) is 0. The number of imidazole rings is 1. The second kappa shape index (κ2) is 7.75.